The van der Waals surface area contributed by atoms with Gasteiger partial charge in [-0.05, 0) is 59.1 Å². The first-order valence-corrected chi connectivity index (χ1v) is 16.4. The Kier molecular flexibility index (Phi) is 8.20. The predicted octanol–water partition coefficient (Wildman–Crippen LogP) is 5.54. The maximum atomic E-state index is 13.8. The molecule has 2 amide bonds. The van der Waals surface area contributed by atoms with E-state index in [1.165, 1.54) is 12.0 Å². The van der Waals surface area contributed by atoms with Gasteiger partial charge in [0.25, 0.3) is 0 Å². The molecule has 4 atom stereocenters. The summed E-state index contributed by atoms with van der Waals surface area (Å²) in [5.74, 6) is 0.479. The van der Waals surface area contributed by atoms with Gasteiger partial charge in [0.15, 0.2) is 0 Å². The molecular formula is C34H40N4O7S. The van der Waals surface area contributed by atoms with Gasteiger partial charge in [-0.15, -0.1) is 17.9 Å². The van der Waals surface area contributed by atoms with E-state index in [2.05, 4.69) is 17.3 Å². The van der Waals surface area contributed by atoms with Crippen LogP contribution in [-0.2, 0) is 19.1 Å². The number of rotatable bonds is 9. The first kappa shape index (κ1) is 31.8. The molecular weight excluding hydrogens is 608 g/mol. The largest absolute Gasteiger partial charge is 0.496 e. The first-order valence-electron chi connectivity index (χ1n) is 15.5. The van der Waals surface area contributed by atoms with Crippen molar-refractivity contribution in [1.29, 1.82) is 0 Å². The van der Waals surface area contributed by atoms with E-state index in [4.69, 9.17) is 28.9 Å². The van der Waals surface area contributed by atoms with Crippen LogP contribution in [0.25, 0.3) is 21.6 Å². The minimum atomic E-state index is -1.20. The van der Waals surface area contributed by atoms with Crippen LogP contribution in [0.5, 0.6) is 11.5 Å². The van der Waals surface area contributed by atoms with E-state index in [1.54, 1.807) is 45.3 Å². The SMILES string of the molecule is C=C[C@@H]1C[C@]1(NC(=O)[C@@H]1C[C@@H](Oc2cc(-c3nc(C4CC4)cs3)nc3c(C)c(OC)ccc23)CN1C(=O)OC(C)(C)C)C(=O)OC. The number of hydrogen-bond acceptors (Lipinski definition) is 10. The van der Waals surface area contributed by atoms with Crippen LogP contribution in [0.3, 0.4) is 0 Å². The van der Waals surface area contributed by atoms with Crippen molar-refractivity contribution in [3.05, 3.63) is 47.5 Å². The zero-order chi connectivity index (χ0) is 33.0. The maximum absolute atomic E-state index is 13.8. The molecule has 244 valence electrons. The minimum absolute atomic E-state index is 0.0977. The lowest BCUT2D eigenvalue weighted by Gasteiger charge is -2.28. The molecule has 11 nitrogen and oxygen atoms in total. The van der Waals surface area contributed by atoms with E-state index >= 15 is 0 Å². The molecule has 46 heavy (non-hydrogen) atoms. The van der Waals surface area contributed by atoms with E-state index in [0.717, 1.165) is 40.0 Å². The number of benzene rings is 1. The summed E-state index contributed by atoms with van der Waals surface area (Å²) in [5, 5.41) is 6.53. The molecule has 0 spiro atoms. The van der Waals surface area contributed by atoms with Crippen LogP contribution in [0.2, 0.25) is 0 Å². The normalized spacial score (nSPS) is 24.0. The van der Waals surface area contributed by atoms with Crippen molar-refractivity contribution in [3.8, 4) is 22.2 Å². The van der Waals surface area contributed by atoms with Gasteiger partial charge in [0.1, 0.15) is 45.5 Å². The van der Waals surface area contributed by atoms with Crippen molar-refractivity contribution in [2.24, 2.45) is 5.92 Å². The van der Waals surface area contributed by atoms with Crippen LogP contribution in [0.4, 0.5) is 4.79 Å². The molecule has 2 saturated carbocycles. The van der Waals surface area contributed by atoms with Crippen LogP contribution in [0, 0.1) is 12.8 Å². The van der Waals surface area contributed by atoms with E-state index in [-0.39, 0.29) is 18.9 Å². The molecule has 2 aromatic heterocycles. The highest BCUT2D eigenvalue weighted by molar-refractivity contribution is 7.13. The van der Waals surface area contributed by atoms with Crippen LogP contribution < -0.4 is 14.8 Å². The second-order valence-electron chi connectivity index (χ2n) is 13.3. The van der Waals surface area contributed by atoms with E-state index < -0.39 is 41.3 Å². The first-order chi connectivity index (χ1) is 21.9. The highest BCUT2D eigenvalue weighted by Crippen LogP contribution is 2.46. The molecule has 1 N–H and O–H groups in total. The zero-order valence-electron chi connectivity index (χ0n) is 27.0. The summed E-state index contributed by atoms with van der Waals surface area (Å²) in [5.41, 5.74) is 1.36. The Hall–Kier alpha value is -4.19. The molecule has 1 saturated heterocycles. The number of fused-ring (bicyclic) bond motifs is 1. The summed E-state index contributed by atoms with van der Waals surface area (Å²) in [6.45, 7) is 11.1. The molecule has 3 aliphatic rings. The Labute approximate surface area is 272 Å². The highest BCUT2D eigenvalue weighted by Gasteiger charge is 2.62. The third kappa shape index (κ3) is 6.02. The zero-order valence-corrected chi connectivity index (χ0v) is 27.9. The summed E-state index contributed by atoms with van der Waals surface area (Å²) in [6, 6.07) is 4.70. The van der Waals surface area contributed by atoms with Gasteiger partial charge in [-0.25, -0.2) is 19.6 Å². The standard InChI is InChI=1S/C34H40N4O7S/c1-8-20-15-34(20,31(40)43-7)37-29(39)25-13-21(16-38(25)32(41)45-33(3,4)5)44-27-14-23(30-36-24(17-46-30)19-9-10-19)35-28-18(2)26(42-6)12-11-22(27)28/h8,11-12,14,17,19-21,25H,1,9-10,13,15-16H2,2-7H3,(H,37,39)/t20-,21-,25+,34-/m1/s1. The number of amides is 2. The van der Waals surface area contributed by atoms with E-state index in [0.29, 0.717) is 29.5 Å². The molecule has 0 radical (unpaired) electrons. The van der Waals surface area contributed by atoms with Gasteiger partial charge in [0, 0.05) is 40.7 Å². The average Bonchev–Trinajstić information content (AvgIpc) is 3.89. The summed E-state index contributed by atoms with van der Waals surface area (Å²) >= 11 is 1.55. The third-order valence-electron chi connectivity index (χ3n) is 8.79. The van der Waals surface area contributed by atoms with Crippen LogP contribution in [0.15, 0.2) is 36.2 Å². The van der Waals surface area contributed by atoms with Crippen molar-refractivity contribution in [2.45, 2.75) is 82.6 Å². The number of aryl methyl sites for hydroxylation is 1. The number of aromatic nitrogens is 2. The number of nitrogens with zero attached hydrogens (tertiary/aromatic N) is 3. The third-order valence-corrected chi connectivity index (χ3v) is 9.67. The van der Waals surface area contributed by atoms with Crippen molar-refractivity contribution in [1.82, 2.24) is 20.2 Å². The fourth-order valence-electron chi connectivity index (χ4n) is 6.10. The molecule has 1 aliphatic heterocycles. The van der Waals surface area contributed by atoms with Crippen LogP contribution >= 0.6 is 11.3 Å². The molecule has 3 aromatic rings. The second-order valence-corrected chi connectivity index (χ2v) is 14.1. The van der Waals surface area contributed by atoms with Crippen LogP contribution in [0.1, 0.15) is 63.6 Å². The predicted molar refractivity (Wildman–Crippen MR) is 173 cm³/mol. The molecule has 6 rings (SSSR count). The van der Waals surface area contributed by atoms with Gasteiger partial charge in [-0.2, -0.15) is 0 Å². The highest BCUT2D eigenvalue weighted by atomic mass is 32.1. The summed E-state index contributed by atoms with van der Waals surface area (Å²) in [4.78, 5) is 51.1. The molecule has 0 bridgehead atoms. The van der Waals surface area contributed by atoms with Gasteiger partial charge in [-0.3, -0.25) is 9.69 Å². The Morgan fingerprint density at radius 1 is 1.15 bits per heavy atom. The monoisotopic (exact) mass is 648 g/mol. The molecule has 3 fully saturated rings. The Morgan fingerprint density at radius 2 is 1.91 bits per heavy atom. The van der Waals surface area contributed by atoms with Gasteiger partial charge < -0.3 is 24.3 Å². The lowest BCUT2D eigenvalue weighted by molar-refractivity contribution is -0.147. The van der Waals surface area contributed by atoms with Crippen molar-refractivity contribution < 1.29 is 33.3 Å². The number of hydrogen-bond donors (Lipinski definition) is 1. The average molecular weight is 649 g/mol. The number of nitrogens with one attached hydrogen (secondary N) is 1. The maximum Gasteiger partial charge on any atom is 0.411 e. The summed E-state index contributed by atoms with van der Waals surface area (Å²) in [6.07, 6.45) is 3.28. The van der Waals surface area contributed by atoms with Gasteiger partial charge in [0.2, 0.25) is 5.91 Å². The van der Waals surface area contributed by atoms with Gasteiger partial charge >= 0.3 is 12.1 Å². The second kappa shape index (κ2) is 11.9. The fourth-order valence-corrected chi connectivity index (χ4v) is 6.96. The van der Waals surface area contributed by atoms with Crippen molar-refractivity contribution in [2.75, 3.05) is 20.8 Å². The molecule has 3 heterocycles. The van der Waals surface area contributed by atoms with Crippen LogP contribution in [-0.4, -0.2) is 76.9 Å². The molecule has 12 heteroatoms. The number of carbonyl (C=O) groups excluding carboxylic acids is 3. The minimum Gasteiger partial charge on any atom is -0.496 e. The lowest BCUT2D eigenvalue weighted by atomic mass is 10.1. The number of pyridine rings is 1. The molecule has 0 unspecified atom stereocenters. The Balaban J connectivity index is 1.33. The number of esters is 1. The van der Waals surface area contributed by atoms with Gasteiger partial charge in [-0.1, -0.05) is 6.08 Å². The number of likely N-dealkylation sites (tertiary alicyclic amines) is 1. The van der Waals surface area contributed by atoms with Crippen molar-refractivity contribution in [3.63, 3.8) is 0 Å². The number of ether oxygens (including phenoxy) is 4. The Morgan fingerprint density at radius 3 is 2.54 bits per heavy atom. The topological polar surface area (TPSA) is 129 Å². The smallest absolute Gasteiger partial charge is 0.411 e. The molecule has 2 aliphatic carbocycles. The number of methoxy groups -OCH3 is 2. The lowest BCUT2D eigenvalue weighted by Crippen LogP contribution is -2.53. The number of thiazole rings is 1. The number of carbonyl (C=O) groups is 3. The fraction of sp³-hybridized carbons (Fsp3) is 0.500. The molecule has 1 aromatic carbocycles. The van der Waals surface area contributed by atoms with Gasteiger partial charge in [0.05, 0.1) is 32.0 Å². The van der Waals surface area contributed by atoms with Crippen molar-refractivity contribution >= 4 is 40.2 Å². The van der Waals surface area contributed by atoms with E-state index in [9.17, 15) is 14.4 Å². The summed E-state index contributed by atoms with van der Waals surface area (Å²) in [7, 11) is 2.90. The quantitative estimate of drug-likeness (QED) is 0.235. The van der Waals surface area contributed by atoms with E-state index in [1.807, 2.05) is 25.1 Å². The Bertz CT molecular complexity index is 1710. The summed E-state index contributed by atoms with van der Waals surface area (Å²) < 4.78 is 22.9.